The average Bonchev–Trinajstić information content (AvgIpc) is 3.51. The number of ether oxygens (including phenoxy) is 6. The van der Waals surface area contributed by atoms with E-state index in [2.05, 4.69) is 15.3 Å². The number of azide groups is 1. The molecule has 13 nitrogen and oxygen atoms in total. The Balaban J connectivity index is 1.15. The van der Waals surface area contributed by atoms with Crippen LogP contribution in [-0.2, 0) is 46.4 Å². The van der Waals surface area contributed by atoms with E-state index in [1.165, 1.54) is 7.11 Å². The van der Waals surface area contributed by atoms with Crippen LogP contribution in [0.4, 0.5) is 4.79 Å². The summed E-state index contributed by atoms with van der Waals surface area (Å²) in [6.45, 7) is -0.598. The Kier molecular flexibility index (Phi) is 12.5. The summed E-state index contributed by atoms with van der Waals surface area (Å²) < 4.78 is 35.3. The number of hydrogen-bond donors (Lipinski definition) is 2. The summed E-state index contributed by atoms with van der Waals surface area (Å²) in [6, 6.07) is 32.3. The van der Waals surface area contributed by atoms with Crippen molar-refractivity contribution in [2.24, 2.45) is 5.11 Å². The predicted molar refractivity (Wildman–Crippen MR) is 189 cm³/mol. The van der Waals surface area contributed by atoms with Crippen molar-refractivity contribution in [3.05, 3.63) is 142 Å². The Bertz CT molecular complexity index is 1790. The van der Waals surface area contributed by atoms with Gasteiger partial charge in [-0.25, -0.2) is 9.59 Å². The van der Waals surface area contributed by atoms with Crippen LogP contribution in [-0.4, -0.2) is 80.8 Å². The van der Waals surface area contributed by atoms with Gasteiger partial charge in [0.2, 0.25) is 0 Å². The zero-order chi connectivity index (χ0) is 36.3. The second-order valence-electron chi connectivity index (χ2n) is 12.3. The van der Waals surface area contributed by atoms with Crippen molar-refractivity contribution >= 4 is 12.1 Å². The van der Waals surface area contributed by atoms with Crippen LogP contribution in [0.25, 0.3) is 21.6 Å². The summed E-state index contributed by atoms with van der Waals surface area (Å²) >= 11 is 0. The number of esters is 1. The molecule has 1 saturated heterocycles. The maximum atomic E-state index is 13.1. The van der Waals surface area contributed by atoms with Crippen LogP contribution in [0.1, 0.15) is 28.2 Å². The third kappa shape index (κ3) is 8.60. The van der Waals surface area contributed by atoms with Crippen LogP contribution in [0.3, 0.4) is 0 Å². The topological polar surface area (TPSA) is 171 Å². The van der Waals surface area contributed by atoms with E-state index in [0.29, 0.717) is 0 Å². The number of hydrogen-bond acceptors (Lipinski definition) is 10. The third-order valence-corrected chi connectivity index (χ3v) is 9.10. The zero-order valence-corrected chi connectivity index (χ0v) is 28.5. The molecule has 13 heteroatoms. The fraction of sp³-hybridized carbons (Fsp3) is 0.333. The van der Waals surface area contributed by atoms with E-state index < -0.39 is 62.0 Å². The lowest BCUT2D eigenvalue weighted by Gasteiger charge is -2.44. The molecule has 6 atom stereocenters. The largest absolute Gasteiger partial charge is 0.467 e. The number of fused-ring (bicyclic) bond motifs is 3. The summed E-state index contributed by atoms with van der Waals surface area (Å²) in [7, 11) is 1.18. The first-order chi connectivity index (χ1) is 25.5. The predicted octanol–water partition coefficient (Wildman–Crippen LogP) is 5.65. The number of methoxy groups -OCH3 is 1. The summed E-state index contributed by atoms with van der Waals surface area (Å²) in [5, 5.41) is 16.9. The first kappa shape index (κ1) is 36.5. The van der Waals surface area contributed by atoms with Gasteiger partial charge in [0.1, 0.15) is 31.0 Å². The number of carbonyl (C=O) groups is 2. The quantitative estimate of drug-likeness (QED) is 0.0686. The number of alkyl carbamates (subject to hydrolysis) is 1. The number of nitrogens with zero attached hydrogens (tertiary/aromatic N) is 3. The van der Waals surface area contributed by atoms with E-state index in [9.17, 15) is 20.2 Å². The molecule has 0 radical (unpaired) electrons. The van der Waals surface area contributed by atoms with Crippen molar-refractivity contribution in [2.75, 3.05) is 26.9 Å². The molecule has 1 aliphatic carbocycles. The molecular formula is C39H40N4O9. The molecular weight excluding hydrogens is 668 g/mol. The van der Waals surface area contributed by atoms with E-state index in [4.69, 9.17) is 28.4 Å². The van der Waals surface area contributed by atoms with Crippen LogP contribution in [0, 0.1) is 0 Å². The van der Waals surface area contributed by atoms with Crippen LogP contribution in [0.5, 0.6) is 0 Å². The molecule has 0 unspecified atom stereocenters. The molecule has 2 N–H and O–H groups in total. The lowest BCUT2D eigenvalue weighted by Crippen LogP contribution is -2.60. The Morgan fingerprint density at radius 3 is 1.94 bits per heavy atom. The highest BCUT2D eigenvalue weighted by atomic mass is 16.7. The molecule has 0 saturated carbocycles. The number of aliphatic hydroxyl groups is 1. The Hall–Kier alpha value is -5.27. The smallest absolute Gasteiger partial charge is 0.407 e. The van der Waals surface area contributed by atoms with Gasteiger partial charge < -0.3 is 38.8 Å². The number of carbonyl (C=O) groups excluding carboxylic acids is 2. The first-order valence-electron chi connectivity index (χ1n) is 16.9. The number of aliphatic hydroxyl groups excluding tert-OH is 1. The first-order valence-corrected chi connectivity index (χ1v) is 16.9. The Labute approximate surface area is 301 Å². The second kappa shape index (κ2) is 17.8. The monoisotopic (exact) mass is 708 g/mol. The lowest BCUT2D eigenvalue weighted by molar-refractivity contribution is -0.284. The molecule has 4 aromatic rings. The van der Waals surface area contributed by atoms with Gasteiger partial charge in [-0.2, -0.15) is 0 Å². The van der Waals surface area contributed by atoms with Crippen LogP contribution < -0.4 is 5.32 Å². The van der Waals surface area contributed by atoms with Crippen molar-refractivity contribution < 1.29 is 43.1 Å². The molecule has 0 bridgehead atoms. The summed E-state index contributed by atoms with van der Waals surface area (Å²) in [5.41, 5.74) is 15.6. The van der Waals surface area contributed by atoms with Gasteiger partial charge in [0, 0.05) is 10.8 Å². The van der Waals surface area contributed by atoms with Gasteiger partial charge in [0.15, 0.2) is 12.3 Å². The van der Waals surface area contributed by atoms with E-state index in [-0.39, 0.29) is 25.7 Å². The molecule has 4 aromatic carbocycles. The highest BCUT2D eigenvalue weighted by Gasteiger charge is 2.48. The average molecular weight is 709 g/mol. The fourth-order valence-electron chi connectivity index (χ4n) is 6.57. The van der Waals surface area contributed by atoms with Gasteiger partial charge in [-0.15, -0.1) is 0 Å². The zero-order valence-electron chi connectivity index (χ0n) is 28.5. The number of benzene rings is 4. The maximum Gasteiger partial charge on any atom is 0.407 e. The molecule has 52 heavy (non-hydrogen) atoms. The van der Waals surface area contributed by atoms with Gasteiger partial charge in [-0.05, 0) is 38.9 Å². The van der Waals surface area contributed by atoms with Gasteiger partial charge in [0.05, 0.1) is 33.5 Å². The number of rotatable bonds is 15. The normalized spacial score (nSPS) is 21.2. The van der Waals surface area contributed by atoms with Crippen molar-refractivity contribution in [3.63, 3.8) is 0 Å². The molecule has 0 spiro atoms. The van der Waals surface area contributed by atoms with Crippen molar-refractivity contribution in [2.45, 2.75) is 55.8 Å². The molecule has 6 rings (SSSR count). The molecule has 0 aromatic heterocycles. The van der Waals surface area contributed by atoms with Gasteiger partial charge >= 0.3 is 12.1 Å². The van der Waals surface area contributed by atoms with Crippen LogP contribution in [0.2, 0.25) is 0 Å². The second-order valence-corrected chi connectivity index (χ2v) is 12.3. The van der Waals surface area contributed by atoms with E-state index in [0.717, 1.165) is 33.4 Å². The van der Waals surface area contributed by atoms with Gasteiger partial charge in [-0.3, -0.25) is 0 Å². The molecule has 2 aliphatic rings. The molecule has 1 fully saturated rings. The van der Waals surface area contributed by atoms with Crippen molar-refractivity contribution in [1.82, 2.24) is 5.32 Å². The van der Waals surface area contributed by atoms with Gasteiger partial charge in [0.25, 0.3) is 0 Å². The van der Waals surface area contributed by atoms with E-state index in [1.807, 2.05) is 109 Å². The van der Waals surface area contributed by atoms with Crippen LogP contribution in [0.15, 0.2) is 114 Å². The SMILES string of the molecule is COC(=O)[C@H](CO[C@H]1O[C@H](CO)[C@H](OCc2ccccc2)[C@H](OCc2ccccc2)[C@H]1N=[N+]=[N-])NC(=O)OCC1c2ccccc2-c2ccccc21. The molecule has 270 valence electrons. The summed E-state index contributed by atoms with van der Waals surface area (Å²) in [4.78, 5) is 29.0. The minimum Gasteiger partial charge on any atom is -0.467 e. The number of nitrogens with one attached hydrogen (secondary N) is 1. The van der Waals surface area contributed by atoms with Crippen LogP contribution >= 0.6 is 0 Å². The van der Waals surface area contributed by atoms with Gasteiger partial charge in [-0.1, -0.05) is 114 Å². The Morgan fingerprint density at radius 2 is 1.38 bits per heavy atom. The number of amides is 1. The van der Waals surface area contributed by atoms with Crippen molar-refractivity contribution in [1.29, 1.82) is 0 Å². The molecule has 1 aliphatic heterocycles. The minimum absolute atomic E-state index is 0.0300. The maximum absolute atomic E-state index is 13.1. The van der Waals surface area contributed by atoms with E-state index in [1.54, 1.807) is 0 Å². The fourth-order valence-corrected chi connectivity index (χ4v) is 6.57. The third-order valence-electron chi connectivity index (χ3n) is 9.10. The lowest BCUT2D eigenvalue weighted by atomic mass is 9.96. The van der Waals surface area contributed by atoms with E-state index >= 15 is 0 Å². The molecule has 1 amide bonds. The summed E-state index contributed by atoms with van der Waals surface area (Å²) in [6.07, 6.45) is -4.95. The Morgan fingerprint density at radius 1 is 0.827 bits per heavy atom. The highest BCUT2D eigenvalue weighted by molar-refractivity contribution is 5.82. The minimum atomic E-state index is -1.32. The highest BCUT2D eigenvalue weighted by Crippen LogP contribution is 2.44. The summed E-state index contributed by atoms with van der Waals surface area (Å²) in [5.74, 6) is -0.990. The standard InChI is InChI=1S/C39H40N4O9/c1-47-37(45)32(41-39(46)51-23-31-29-18-10-8-16-27(29)28-17-9-11-19-30(28)31)24-50-38-34(42-43-40)36(49-22-26-14-6-3-7-15-26)35(33(20-44)52-38)48-21-25-12-4-2-5-13-25/h2-19,31-36,38,44H,20-24H2,1H3,(H,41,46)/t32-,33+,34+,35-,36+,38-/m0/s1. The van der Waals surface area contributed by atoms with Crippen molar-refractivity contribution in [3.8, 4) is 11.1 Å². The molecule has 1 heterocycles.